The fourth-order valence-corrected chi connectivity index (χ4v) is 0.190. The van der Waals surface area contributed by atoms with Crippen LogP contribution >= 0.6 is 0 Å². The molecule has 0 aromatic heterocycles. The summed E-state index contributed by atoms with van der Waals surface area (Å²) in [6.07, 6.45) is 0. The van der Waals surface area contributed by atoms with Crippen LogP contribution in [0.25, 0.3) is 0 Å². The Morgan fingerprint density at radius 2 is 2.00 bits per heavy atom. The average Bonchev–Trinajstić information content (AvgIpc) is 1.83. The third-order valence-electron chi connectivity index (χ3n) is 0.454. The number of rotatable bonds is 4. The highest BCUT2D eigenvalue weighted by molar-refractivity contribution is 4.06. The molecule has 0 rings (SSSR count). The normalized spacial score (nSPS) is 9.38. The summed E-state index contributed by atoms with van der Waals surface area (Å²) < 4.78 is 0. The predicted molar refractivity (Wildman–Crippen MR) is 24.8 cm³/mol. The Morgan fingerprint density at radius 1 is 1.50 bits per heavy atom. The largest absolute Gasteiger partial charge is 0.258 e. The molecule has 6 heteroatoms. The Morgan fingerprint density at radius 3 is 2.12 bits per heavy atom. The average molecular weight is 121 g/mol. The molecule has 0 atom stereocenters. The first kappa shape index (κ1) is 7.28. The van der Waals surface area contributed by atoms with Crippen molar-refractivity contribution >= 4 is 0 Å². The Balaban J connectivity index is 3.20. The van der Waals surface area contributed by atoms with Gasteiger partial charge in [-0.3, -0.25) is 9.68 Å². The van der Waals surface area contributed by atoms with Gasteiger partial charge in [0.1, 0.15) is 0 Å². The zero-order valence-electron chi connectivity index (χ0n) is 4.62. The van der Waals surface area contributed by atoms with E-state index in [4.69, 9.17) is 0 Å². The molecule has 0 saturated carbocycles. The van der Waals surface area contributed by atoms with Gasteiger partial charge in [-0.05, 0) is 0 Å². The molecule has 0 fully saturated rings. The first-order chi connectivity index (χ1) is 3.85. The van der Waals surface area contributed by atoms with Crippen molar-refractivity contribution in [3.05, 3.63) is 4.91 Å². The molecule has 0 aliphatic rings. The first-order valence-electron chi connectivity index (χ1n) is 1.81. The minimum Gasteiger partial charge on any atom is -0.258 e. The minimum atomic E-state index is 0.701. The highest BCUT2D eigenvalue weighted by Crippen LogP contribution is 1.77. The van der Waals surface area contributed by atoms with Crippen LogP contribution in [0.1, 0.15) is 0 Å². The first-order valence-corrected chi connectivity index (χ1v) is 1.81. The summed E-state index contributed by atoms with van der Waals surface area (Å²) in [6, 6.07) is 0. The Hall–Kier alpha value is -0.720. The lowest BCUT2D eigenvalue weighted by atomic mass is 11.7. The second-order valence-corrected chi connectivity index (χ2v) is 0.814. The molecule has 6 nitrogen and oxygen atoms in total. The molecule has 0 aliphatic carbocycles. The van der Waals surface area contributed by atoms with E-state index < -0.39 is 0 Å². The number of nitrogens with zero attached hydrogens (tertiary/aromatic N) is 2. The molecular weight excluding hydrogens is 114 g/mol. The van der Waals surface area contributed by atoms with Gasteiger partial charge in [0.15, 0.2) is 0 Å². The summed E-state index contributed by atoms with van der Waals surface area (Å²) >= 11 is 0. The third-order valence-corrected chi connectivity index (χ3v) is 0.454. The molecule has 0 aromatic rings. The summed E-state index contributed by atoms with van der Waals surface area (Å²) in [4.78, 5) is 18.1. The molecule has 0 radical (unpaired) electrons. The number of hydrazine groups is 1. The Bertz CT molecular complexity index is 63.5. The van der Waals surface area contributed by atoms with Crippen molar-refractivity contribution in [3.63, 3.8) is 0 Å². The summed E-state index contributed by atoms with van der Waals surface area (Å²) in [7, 11) is 2.64. The Kier molecular flexibility index (Phi) is 4.04. The smallest absolute Gasteiger partial charge is 0.0697 e. The molecule has 0 aromatic carbocycles. The molecule has 8 heavy (non-hydrogen) atoms. The quantitative estimate of drug-likeness (QED) is 0.405. The van der Waals surface area contributed by atoms with Crippen LogP contribution in [0.2, 0.25) is 0 Å². The van der Waals surface area contributed by atoms with E-state index in [0.717, 1.165) is 0 Å². The fraction of sp³-hybridized carbons (Fsp3) is 1.00. The van der Waals surface area contributed by atoms with Crippen LogP contribution in [0.4, 0.5) is 0 Å². The highest BCUT2D eigenvalue weighted by atomic mass is 17.0. The summed E-state index contributed by atoms with van der Waals surface area (Å²) in [6.45, 7) is 0. The number of nitrogens with one attached hydrogen (secondary N) is 1. The molecule has 0 spiro atoms. The van der Waals surface area contributed by atoms with Crippen molar-refractivity contribution in [1.29, 1.82) is 0 Å². The van der Waals surface area contributed by atoms with Gasteiger partial charge in [0, 0.05) is 0 Å². The molecule has 0 aliphatic heterocycles. The van der Waals surface area contributed by atoms with Gasteiger partial charge in [-0.2, -0.15) is 5.53 Å². The predicted octanol–water partition coefficient (Wildman–Crippen LogP) is -0.403. The van der Waals surface area contributed by atoms with Crippen molar-refractivity contribution in [2.24, 2.45) is 5.29 Å². The van der Waals surface area contributed by atoms with Crippen LogP contribution in [0.5, 0.6) is 0 Å². The van der Waals surface area contributed by atoms with Gasteiger partial charge in [-0.25, -0.2) is 0 Å². The van der Waals surface area contributed by atoms with Crippen molar-refractivity contribution in [3.8, 4) is 0 Å². The fourth-order valence-electron chi connectivity index (χ4n) is 0.190. The zero-order chi connectivity index (χ0) is 6.41. The number of hydrogen-bond acceptors (Lipinski definition) is 5. The highest BCUT2D eigenvalue weighted by Gasteiger charge is 1.94. The Labute approximate surface area is 46.2 Å². The van der Waals surface area contributed by atoms with Crippen LogP contribution in [0, 0.1) is 4.91 Å². The topological polar surface area (TPSA) is 63.2 Å². The SMILES string of the molecule is CON(NN=O)OC. The van der Waals surface area contributed by atoms with Crippen molar-refractivity contribution in [2.45, 2.75) is 0 Å². The summed E-state index contributed by atoms with van der Waals surface area (Å²) in [5.41, 5.74) is 1.84. The minimum absolute atomic E-state index is 0.701. The molecule has 0 amide bonds. The number of hydrogen-bond donors (Lipinski definition) is 1. The monoisotopic (exact) mass is 121 g/mol. The molecule has 0 saturated heterocycles. The second kappa shape index (κ2) is 4.44. The second-order valence-electron chi connectivity index (χ2n) is 0.814. The lowest BCUT2D eigenvalue weighted by Crippen LogP contribution is -2.31. The summed E-state index contributed by atoms with van der Waals surface area (Å²) in [5, 5.41) is 2.96. The van der Waals surface area contributed by atoms with Gasteiger partial charge >= 0.3 is 0 Å². The maximum Gasteiger partial charge on any atom is 0.0697 e. The number of nitroso groups, excluding NO2 is 1. The lowest BCUT2D eigenvalue weighted by Gasteiger charge is -2.10. The van der Waals surface area contributed by atoms with E-state index >= 15 is 0 Å². The molecule has 0 unspecified atom stereocenters. The van der Waals surface area contributed by atoms with E-state index in [-0.39, 0.29) is 0 Å². The van der Waals surface area contributed by atoms with Gasteiger partial charge in [0.25, 0.3) is 0 Å². The van der Waals surface area contributed by atoms with Gasteiger partial charge in [0.05, 0.1) is 24.8 Å². The molecule has 0 heterocycles. The zero-order valence-corrected chi connectivity index (χ0v) is 4.62. The van der Waals surface area contributed by atoms with Crippen molar-refractivity contribution < 1.29 is 9.68 Å². The van der Waals surface area contributed by atoms with E-state index in [1.165, 1.54) is 14.2 Å². The van der Waals surface area contributed by atoms with Crippen LogP contribution in [0.3, 0.4) is 0 Å². The van der Waals surface area contributed by atoms with E-state index in [1.807, 2.05) is 5.53 Å². The molecule has 1 N–H and O–H groups in total. The van der Waals surface area contributed by atoms with Crippen molar-refractivity contribution in [1.82, 2.24) is 10.9 Å². The maximum absolute atomic E-state index is 9.37. The van der Waals surface area contributed by atoms with E-state index in [2.05, 4.69) is 15.0 Å². The lowest BCUT2D eigenvalue weighted by molar-refractivity contribution is -0.374. The third kappa shape index (κ3) is 2.45. The van der Waals surface area contributed by atoms with Gasteiger partial charge in [-0.15, -0.1) is 4.91 Å². The van der Waals surface area contributed by atoms with E-state index in [1.54, 1.807) is 0 Å². The molecule has 0 bridgehead atoms. The molecular formula is C2H7N3O3. The van der Waals surface area contributed by atoms with Crippen LogP contribution in [0.15, 0.2) is 5.29 Å². The van der Waals surface area contributed by atoms with E-state index in [0.29, 0.717) is 5.34 Å². The van der Waals surface area contributed by atoms with E-state index in [9.17, 15) is 4.91 Å². The van der Waals surface area contributed by atoms with Crippen LogP contribution in [-0.4, -0.2) is 19.6 Å². The summed E-state index contributed by atoms with van der Waals surface area (Å²) in [5.74, 6) is 0. The van der Waals surface area contributed by atoms with Crippen molar-refractivity contribution in [2.75, 3.05) is 14.2 Å². The van der Waals surface area contributed by atoms with Crippen LogP contribution < -0.4 is 5.53 Å². The van der Waals surface area contributed by atoms with Crippen LogP contribution in [-0.2, 0) is 9.68 Å². The standard InChI is InChI=1S/C2H7N3O3/c1-7-5(8-2)3-4-6/h1-2H3,(H,3,6). The van der Waals surface area contributed by atoms with Gasteiger partial charge < -0.3 is 0 Å². The van der Waals surface area contributed by atoms with Gasteiger partial charge in [-0.1, -0.05) is 0 Å². The van der Waals surface area contributed by atoms with Gasteiger partial charge in [0.2, 0.25) is 0 Å². The maximum atomic E-state index is 9.37. The molecule has 48 valence electrons.